The summed E-state index contributed by atoms with van der Waals surface area (Å²) in [7, 11) is 0. The van der Waals surface area contributed by atoms with Crippen molar-refractivity contribution in [3.05, 3.63) is 58.6 Å². The minimum absolute atomic E-state index is 0.569. The lowest BCUT2D eigenvalue weighted by atomic mass is 10.1. The Morgan fingerprint density at radius 1 is 1.13 bits per heavy atom. The molecule has 1 heterocycles. The first-order valence-corrected chi connectivity index (χ1v) is 9.15. The quantitative estimate of drug-likeness (QED) is 0.894. The van der Waals surface area contributed by atoms with E-state index < -0.39 is 0 Å². The van der Waals surface area contributed by atoms with Gasteiger partial charge in [-0.15, -0.1) is 0 Å². The zero-order chi connectivity index (χ0) is 16.1. The number of benzene rings is 2. The molecule has 2 aromatic carbocycles. The van der Waals surface area contributed by atoms with Crippen LogP contribution in [0.5, 0.6) is 0 Å². The zero-order valence-corrected chi connectivity index (χ0v) is 14.3. The topological polar surface area (TPSA) is 39.1 Å². The van der Waals surface area contributed by atoms with Crippen molar-refractivity contribution < 1.29 is 0 Å². The van der Waals surface area contributed by atoms with E-state index in [1.54, 1.807) is 12.1 Å². The number of nitrogens with zero attached hydrogens (tertiary/aromatic N) is 2. The summed E-state index contributed by atoms with van der Waals surface area (Å²) in [4.78, 5) is 2.43. The van der Waals surface area contributed by atoms with Crippen LogP contribution < -0.4 is 10.2 Å². The summed E-state index contributed by atoms with van der Waals surface area (Å²) in [5, 5.41) is 13.1. The molecule has 1 aliphatic heterocycles. The van der Waals surface area contributed by atoms with Gasteiger partial charge in [-0.3, -0.25) is 0 Å². The van der Waals surface area contributed by atoms with E-state index in [2.05, 4.69) is 40.6 Å². The van der Waals surface area contributed by atoms with Gasteiger partial charge in [-0.2, -0.15) is 17.0 Å². The van der Waals surface area contributed by atoms with Crippen molar-refractivity contribution in [2.75, 3.05) is 34.8 Å². The largest absolute Gasteiger partial charge is 0.380 e. The average molecular weight is 344 g/mol. The van der Waals surface area contributed by atoms with Crippen LogP contribution in [0.15, 0.2) is 42.5 Å². The lowest BCUT2D eigenvalue weighted by Crippen LogP contribution is -2.32. The van der Waals surface area contributed by atoms with E-state index in [-0.39, 0.29) is 0 Å². The van der Waals surface area contributed by atoms with Crippen LogP contribution in [0.4, 0.5) is 11.4 Å². The van der Waals surface area contributed by atoms with Crippen molar-refractivity contribution >= 4 is 34.7 Å². The molecular formula is C18H18ClN3S. The third-order valence-corrected chi connectivity index (χ3v) is 5.08. The van der Waals surface area contributed by atoms with Gasteiger partial charge in [0.2, 0.25) is 0 Å². The molecule has 0 atom stereocenters. The highest BCUT2D eigenvalue weighted by atomic mass is 35.5. The molecule has 2 aromatic rings. The van der Waals surface area contributed by atoms with Crippen molar-refractivity contribution in [2.45, 2.75) is 6.54 Å². The molecule has 1 N–H and O–H groups in total. The van der Waals surface area contributed by atoms with Crippen LogP contribution in [0.1, 0.15) is 11.1 Å². The van der Waals surface area contributed by atoms with Gasteiger partial charge in [-0.05, 0) is 35.9 Å². The van der Waals surface area contributed by atoms with Crippen molar-refractivity contribution in [1.29, 1.82) is 5.26 Å². The molecule has 0 aromatic heterocycles. The molecule has 23 heavy (non-hydrogen) atoms. The maximum atomic E-state index is 9.16. The second-order valence-electron chi connectivity index (χ2n) is 5.42. The minimum atomic E-state index is 0.569. The Morgan fingerprint density at radius 3 is 2.57 bits per heavy atom. The summed E-state index contributed by atoms with van der Waals surface area (Å²) in [6.07, 6.45) is 0. The van der Waals surface area contributed by atoms with Gasteiger partial charge in [0.1, 0.15) is 6.07 Å². The summed E-state index contributed by atoms with van der Waals surface area (Å²) in [5.74, 6) is 2.41. The fourth-order valence-corrected chi connectivity index (χ4v) is 3.68. The molecule has 0 bridgehead atoms. The number of nitriles is 1. The molecule has 0 spiro atoms. The van der Waals surface area contributed by atoms with Crippen LogP contribution in [-0.4, -0.2) is 24.6 Å². The van der Waals surface area contributed by atoms with Gasteiger partial charge in [0.15, 0.2) is 0 Å². The molecule has 5 heteroatoms. The smallest absolute Gasteiger partial charge is 0.101 e. The summed E-state index contributed by atoms with van der Waals surface area (Å²) >= 11 is 7.94. The van der Waals surface area contributed by atoms with Gasteiger partial charge in [0.25, 0.3) is 0 Å². The fourth-order valence-electron chi connectivity index (χ4n) is 2.61. The standard InChI is InChI=1S/C18H18ClN3S/c19-16-3-6-18(15(11-16)12-20)21-13-14-1-4-17(5-2-14)22-7-9-23-10-8-22/h1-6,11,21H,7-10,13H2. The maximum absolute atomic E-state index is 9.16. The van der Waals surface area contributed by atoms with E-state index in [1.165, 1.54) is 22.8 Å². The Hall–Kier alpha value is -1.83. The Labute approximate surface area is 146 Å². The van der Waals surface area contributed by atoms with E-state index >= 15 is 0 Å². The van der Waals surface area contributed by atoms with Gasteiger partial charge in [0, 0.05) is 41.8 Å². The highest BCUT2D eigenvalue weighted by Crippen LogP contribution is 2.22. The summed E-state index contributed by atoms with van der Waals surface area (Å²) < 4.78 is 0. The summed E-state index contributed by atoms with van der Waals surface area (Å²) in [6, 6.07) is 16.1. The number of rotatable bonds is 4. The molecule has 3 nitrogen and oxygen atoms in total. The molecule has 0 amide bonds. The van der Waals surface area contributed by atoms with E-state index in [0.717, 1.165) is 18.8 Å². The number of hydrogen-bond donors (Lipinski definition) is 1. The average Bonchev–Trinajstić information content (AvgIpc) is 2.62. The predicted octanol–water partition coefficient (Wildman–Crippen LogP) is 4.38. The van der Waals surface area contributed by atoms with E-state index in [4.69, 9.17) is 16.9 Å². The van der Waals surface area contributed by atoms with Gasteiger partial charge in [-0.1, -0.05) is 23.7 Å². The Balaban J connectivity index is 1.64. The van der Waals surface area contributed by atoms with Crippen LogP contribution in [-0.2, 0) is 6.54 Å². The molecule has 118 valence electrons. The fraction of sp³-hybridized carbons (Fsp3) is 0.278. The van der Waals surface area contributed by atoms with Crippen LogP contribution in [0, 0.1) is 11.3 Å². The molecule has 3 rings (SSSR count). The van der Waals surface area contributed by atoms with Crippen LogP contribution >= 0.6 is 23.4 Å². The van der Waals surface area contributed by atoms with Crippen LogP contribution in [0.3, 0.4) is 0 Å². The van der Waals surface area contributed by atoms with E-state index in [9.17, 15) is 0 Å². The second-order valence-corrected chi connectivity index (χ2v) is 7.08. The lowest BCUT2D eigenvalue weighted by Gasteiger charge is -2.28. The molecule has 1 aliphatic rings. The minimum Gasteiger partial charge on any atom is -0.380 e. The first kappa shape index (κ1) is 16.0. The lowest BCUT2D eigenvalue weighted by molar-refractivity contribution is 0.858. The van der Waals surface area contributed by atoms with Crippen molar-refractivity contribution in [1.82, 2.24) is 0 Å². The Morgan fingerprint density at radius 2 is 1.87 bits per heavy atom. The number of thioether (sulfide) groups is 1. The summed E-state index contributed by atoms with van der Waals surface area (Å²) in [5.41, 5.74) is 3.87. The third-order valence-electron chi connectivity index (χ3n) is 3.90. The van der Waals surface area contributed by atoms with Gasteiger partial charge >= 0.3 is 0 Å². The van der Waals surface area contributed by atoms with E-state index in [0.29, 0.717) is 17.1 Å². The van der Waals surface area contributed by atoms with Gasteiger partial charge in [-0.25, -0.2) is 0 Å². The molecule has 0 unspecified atom stereocenters. The SMILES string of the molecule is N#Cc1cc(Cl)ccc1NCc1ccc(N2CCSCC2)cc1. The molecule has 1 saturated heterocycles. The molecule has 0 radical (unpaired) electrons. The van der Waals surface area contributed by atoms with Crippen LogP contribution in [0.25, 0.3) is 0 Å². The second kappa shape index (κ2) is 7.63. The van der Waals surface area contributed by atoms with Crippen molar-refractivity contribution in [3.63, 3.8) is 0 Å². The molecule has 0 aliphatic carbocycles. The normalized spacial score (nSPS) is 14.3. The van der Waals surface area contributed by atoms with Gasteiger partial charge in [0.05, 0.1) is 11.3 Å². The number of hydrogen-bond acceptors (Lipinski definition) is 4. The van der Waals surface area contributed by atoms with Gasteiger partial charge < -0.3 is 10.2 Å². The monoisotopic (exact) mass is 343 g/mol. The maximum Gasteiger partial charge on any atom is 0.101 e. The summed E-state index contributed by atoms with van der Waals surface area (Å²) in [6.45, 7) is 2.93. The first-order valence-electron chi connectivity index (χ1n) is 7.61. The Bertz CT molecular complexity index is 703. The molecule has 1 fully saturated rings. The van der Waals surface area contributed by atoms with Crippen molar-refractivity contribution in [3.8, 4) is 6.07 Å². The van der Waals surface area contributed by atoms with Crippen molar-refractivity contribution in [2.24, 2.45) is 0 Å². The highest BCUT2D eigenvalue weighted by Gasteiger charge is 2.10. The highest BCUT2D eigenvalue weighted by molar-refractivity contribution is 7.99. The zero-order valence-electron chi connectivity index (χ0n) is 12.8. The molecular weight excluding hydrogens is 326 g/mol. The molecule has 0 saturated carbocycles. The van der Waals surface area contributed by atoms with E-state index in [1.807, 2.05) is 17.8 Å². The first-order chi connectivity index (χ1) is 11.3. The Kier molecular flexibility index (Phi) is 5.32. The van der Waals surface area contributed by atoms with Crippen LogP contribution in [0.2, 0.25) is 5.02 Å². The third kappa shape index (κ3) is 4.13. The predicted molar refractivity (Wildman–Crippen MR) is 99.5 cm³/mol. The number of halogens is 1. The number of anilines is 2. The number of nitrogens with one attached hydrogen (secondary N) is 1.